The quantitative estimate of drug-likeness (QED) is 0.563. The number of phenols is 2. The van der Waals surface area contributed by atoms with Crippen molar-refractivity contribution in [1.82, 2.24) is 5.43 Å². The Bertz CT molecular complexity index is 775. The van der Waals surface area contributed by atoms with E-state index in [0.717, 1.165) is 0 Å². The predicted octanol–water partition coefficient (Wildman–Crippen LogP) is 3.02. The molecule has 3 N–H and O–H groups in total. The third-order valence-corrected chi connectivity index (χ3v) is 3.73. The molecule has 1 amide bonds. The lowest BCUT2D eigenvalue weighted by Crippen LogP contribution is -2.19. The van der Waals surface area contributed by atoms with Crippen molar-refractivity contribution in [2.24, 2.45) is 5.10 Å². The Morgan fingerprint density at radius 2 is 1.96 bits per heavy atom. The first kappa shape index (κ1) is 16.8. The molecule has 0 aromatic heterocycles. The van der Waals surface area contributed by atoms with Gasteiger partial charge in [-0.3, -0.25) is 4.79 Å². The minimum atomic E-state index is -0.397. The Morgan fingerprint density at radius 1 is 1.22 bits per heavy atom. The zero-order valence-electron chi connectivity index (χ0n) is 12.5. The third kappa shape index (κ3) is 4.01. The summed E-state index contributed by atoms with van der Waals surface area (Å²) in [6.07, 6.45) is 0. The second-order valence-corrected chi connectivity index (χ2v) is 5.54. The number of rotatable bonds is 4. The first-order valence-corrected chi connectivity index (χ1v) is 7.42. The number of ether oxygens (including phenoxy) is 1. The van der Waals surface area contributed by atoms with Crippen LogP contribution >= 0.6 is 15.9 Å². The van der Waals surface area contributed by atoms with Crippen LogP contribution in [0.15, 0.2) is 46.0 Å². The number of aromatic hydroxyl groups is 2. The normalized spacial score (nSPS) is 11.2. The van der Waals surface area contributed by atoms with E-state index in [4.69, 9.17) is 4.74 Å². The molecular formula is C16H15BrN2O4. The molecule has 120 valence electrons. The van der Waals surface area contributed by atoms with E-state index in [9.17, 15) is 15.0 Å². The third-order valence-electron chi connectivity index (χ3n) is 3.11. The number of hydrogen-bond acceptors (Lipinski definition) is 5. The van der Waals surface area contributed by atoms with Crippen molar-refractivity contribution >= 4 is 27.5 Å². The number of amides is 1. The molecule has 0 spiro atoms. The Balaban J connectivity index is 2.15. The van der Waals surface area contributed by atoms with Gasteiger partial charge in [0, 0.05) is 17.2 Å². The minimum absolute atomic E-state index is 0.0498. The first-order chi connectivity index (χ1) is 10.9. The number of phenolic OH excluding ortho intramolecular Hbond substituents is 2. The summed E-state index contributed by atoms with van der Waals surface area (Å²) in [6, 6.07) is 9.05. The number of nitrogens with one attached hydrogen (secondary N) is 1. The molecule has 0 heterocycles. The van der Waals surface area contributed by atoms with Gasteiger partial charge in [0.15, 0.2) is 0 Å². The van der Waals surface area contributed by atoms with Gasteiger partial charge in [0.05, 0.1) is 17.3 Å². The van der Waals surface area contributed by atoms with E-state index in [1.165, 1.54) is 25.3 Å². The van der Waals surface area contributed by atoms with Crippen molar-refractivity contribution in [3.05, 3.63) is 52.0 Å². The molecule has 0 aliphatic rings. The average Bonchev–Trinajstić information content (AvgIpc) is 2.52. The summed E-state index contributed by atoms with van der Waals surface area (Å²) in [7, 11) is 1.54. The van der Waals surface area contributed by atoms with Gasteiger partial charge in [-0.25, -0.2) is 5.43 Å². The van der Waals surface area contributed by atoms with Crippen LogP contribution in [0.1, 0.15) is 22.8 Å². The standard InChI is InChI=1S/C16H15BrN2O4/c1-9(12-5-4-11(20)8-14(12)21)18-19-16(22)10-3-6-15(23-2)13(17)7-10/h3-8,20-21H,1-2H3,(H,19,22)/b18-9+. The molecule has 0 aliphatic carbocycles. The molecule has 23 heavy (non-hydrogen) atoms. The summed E-state index contributed by atoms with van der Waals surface area (Å²) in [5.41, 5.74) is 3.65. The lowest BCUT2D eigenvalue weighted by atomic mass is 10.1. The monoisotopic (exact) mass is 378 g/mol. The van der Waals surface area contributed by atoms with Crippen molar-refractivity contribution < 1.29 is 19.7 Å². The number of benzene rings is 2. The van der Waals surface area contributed by atoms with E-state index in [2.05, 4.69) is 26.5 Å². The smallest absolute Gasteiger partial charge is 0.271 e. The zero-order chi connectivity index (χ0) is 17.0. The van der Waals surface area contributed by atoms with Crippen molar-refractivity contribution in [3.8, 4) is 17.2 Å². The van der Waals surface area contributed by atoms with Crippen LogP contribution < -0.4 is 10.2 Å². The predicted molar refractivity (Wildman–Crippen MR) is 90.1 cm³/mol. The fraction of sp³-hybridized carbons (Fsp3) is 0.125. The van der Waals surface area contributed by atoms with E-state index in [1.54, 1.807) is 25.1 Å². The molecule has 2 rings (SSSR count). The van der Waals surface area contributed by atoms with Crippen LogP contribution in [-0.4, -0.2) is 28.9 Å². The van der Waals surface area contributed by atoms with Crippen molar-refractivity contribution in [2.45, 2.75) is 6.92 Å². The molecule has 6 nitrogen and oxygen atoms in total. The van der Waals surface area contributed by atoms with E-state index in [-0.39, 0.29) is 11.5 Å². The van der Waals surface area contributed by atoms with Crippen LogP contribution in [0.5, 0.6) is 17.2 Å². The highest BCUT2D eigenvalue weighted by molar-refractivity contribution is 9.10. The maximum atomic E-state index is 12.1. The van der Waals surface area contributed by atoms with Crippen LogP contribution in [0.3, 0.4) is 0 Å². The van der Waals surface area contributed by atoms with Crippen LogP contribution in [0.25, 0.3) is 0 Å². The summed E-state index contributed by atoms with van der Waals surface area (Å²) in [4.78, 5) is 12.1. The van der Waals surface area contributed by atoms with Gasteiger partial charge in [0.25, 0.3) is 5.91 Å². The molecule has 0 atom stereocenters. The molecule has 0 fully saturated rings. The lowest BCUT2D eigenvalue weighted by Gasteiger charge is -2.07. The molecule has 7 heteroatoms. The molecule has 0 radical (unpaired) electrons. The minimum Gasteiger partial charge on any atom is -0.508 e. The van der Waals surface area contributed by atoms with Crippen LogP contribution in [-0.2, 0) is 0 Å². The number of methoxy groups -OCH3 is 1. The number of hydrazone groups is 1. The molecule has 0 aliphatic heterocycles. The van der Waals surface area contributed by atoms with E-state index >= 15 is 0 Å². The molecule has 0 saturated carbocycles. The Kier molecular flexibility index (Phi) is 5.23. The van der Waals surface area contributed by atoms with Gasteiger partial charge in [0.2, 0.25) is 0 Å². The number of carbonyl (C=O) groups excluding carboxylic acids is 1. The molecule has 0 bridgehead atoms. The molecule has 0 unspecified atom stereocenters. The highest BCUT2D eigenvalue weighted by Crippen LogP contribution is 2.25. The van der Waals surface area contributed by atoms with Crippen LogP contribution in [0, 0.1) is 0 Å². The molecule has 0 saturated heterocycles. The fourth-order valence-corrected chi connectivity index (χ4v) is 2.43. The topological polar surface area (TPSA) is 91.2 Å². The number of nitrogens with zero attached hydrogens (tertiary/aromatic N) is 1. The summed E-state index contributed by atoms with van der Waals surface area (Å²) >= 11 is 3.31. The Hall–Kier alpha value is -2.54. The molecular weight excluding hydrogens is 364 g/mol. The van der Waals surface area contributed by atoms with Gasteiger partial charge in [-0.05, 0) is 53.2 Å². The zero-order valence-corrected chi connectivity index (χ0v) is 14.1. The van der Waals surface area contributed by atoms with Gasteiger partial charge >= 0.3 is 0 Å². The average molecular weight is 379 g/mol. The van der Waals surface area contributed by atoms with E-state index in [1.807, 2.05) is 0 Å². The number of halogens is 1. The van der Waals surface area contributed by atoms with Gasteiger partial charge in [-0.15, -0.1) is 0 Å². The summed E-state index contributed by atoms with van der Waals surface area (Å²) in [5, 5.41) is 23.0. The lowest BCUT2D eigenvalue weighted by molar-refractivity contribution is 0.0954. The summed E-state index contributed by atoms with van der Waals surface area (Å²) in [5.74, 6) is 0.0556. The first-order valence-electron chi connectivity index (χ1n) is 6.63. The van der Waals surface area contributed by atoms with Gasteiger partial charge in [-0.2, -0.15) is 5.10 Å². The van der Waals surface area contributed by atoms with E-state index in [0.29, 0.717) is 27.1 Å². The Labute approximate surface area is 141 Å². The second kappa shape index (κ2) is 7.15. The summed E-state index contributed by atoms with van der Waals surface area (Å²) < 4.78 is 5.76. The van der Waals surface area contributed by atoms with Crippen molar-refractivity contribution in [1.29, 1.82) is 0 Å². The summed E-state index contributed by atoms with van der Waals surface area (Å²) in [6.45, 7) is 1.64. The maximum Gasteiger partial charge on any atom is 0.271 e. The van der Waals surface area contributed by atoms with Gasteiger partial charge in [0.1, 0.15) is 17.2 Å². The highest BCUT2D eigenvalue weighted by Gasteiger charge is 2.10. The number of hydrogen-bond donors (Lipinski definition) is 3. The van der Waals surface area contributed by atoms with Gasteiger partial charge in [-0.1, -0.05) is 0 Å². The molecule has 2 aromatic carbocycles. The van der Waals surface area contributed by atoms with Crippen LogP contribution in [0.4, 0.5) is 0 Å². The SMILES string of the molecule is COc1ccc(C(=O)N/N=C(\C)c2ccc(O)cc2O)cc1Br. The largest absolute Gasteiger partial charge is 0.508 e. The highest BCUT2D eigenvalue weighted by atomic mass is 79.9. The van der Waals surface area contributed by atoms with Crippen molar-refractivity contribution in [3.63, 3.8) is 0 Å². The second-order valence-electron chi connectivity index (χ2n) is 4.69. The number of carbonyl (C=O) groups is 1. The van der Waals surface area contributed by atoms with Gasteiger partial charge < -0.3 is 14.9 Å². The van der Waals surface area contributed by atoms with Crippen LogP contribution in [0.2, 0.25) is 0 Å². The van der Waals surface area contributed by atoms with E-state index < -0.39 is 5.91 Å². The van der Waals surface area contributed by atoms with Crippen molar-refractivity contribution in [2.75, 3.05) is 7.11 Å². The Morgan fingerprint density at radius 3 is 2.57 bits per heavy atom. The fourth-order valence-electron chi connectivity index (χ4n) is 1.89. The molecule has 2 aromatic rings. The maximum absolute atomic E-state index is 12.1.